The van der Waals surface area contributed by atoms with Gasteiger partial charge in [0.15, 0.2) is 0 Å². The SMILES string of the molecule is CC(Br)C(=O)N(CCC#N)C1CC1. The van der Waals surface area contributed by atoms with Crippen molar-refractivity contribution < 1.29 is 4.79 Å². The van der Waals surface area contributed by atoms with E-state index in [0.29, 0.717) is 19.0 Å². The fourth-order valence-corrected chi connectivity index (χ4v) is 1.52. The number of hydrogen-bond donors (Lipinski definition) is 0. The van der Waals surface area contributed by atoms with Crippen molar-refractivity contribution >= 4 is 21.8 Å². The van der Waals surface area contributed by atoms with Crippen LogP contribution >= 0.6 is 15.9 Å². The van der Waals surface area contributed by atoms with E-state index < -0.39 is 0 Å². The fraction of sp³-hybridized carbons (Fsp3) is 0.778. The quantitative estimate of drug-likeness (QED) is 0.707. The Kier molecular flexibility index (Phi) is 3.73. The highest BCUT2D eigenvalue weighted by molar-refractivity contribution is 9.10. The second-order valence-electron chi connectivity index (χ2n) is 3.29. The minimum absolute atomic E-state index is 0.109. The Labute approximate surface area is 86.8 Å². The molecule has 1 amide bonds. The van der Waals surface area contributed by atoms with Gasteiger partial charge in [0, 0.05) is 12.6 Å². The molecule has 13 heavy (non-hydrogen) atoms. The monoisotopic (exact) mass is 244 g/mol. The van der Waals surface area contributed by atoms with Crippen LogP contribution in [0.25, 0.3) is 0 Å². The van der Waals surface area contributed by atoms with Crippen LogP contribution in [0.5, 0.6) is 0 Å². The second kappa shape index (κ2) is 4.61. The zero-order valence-corrected chi connectivity index (χ0v) is 9.25. The lowest BCUT2D eigenvalue weighted by atomic mass is 10.3. The summed E-state index contributed by atoms with van der Waals surface area (Å²) in [6.45, 7) is 2.40. The van der Waals surface area contributed by atoms with Gasteiger partial charge in [0.25, 0.3) is 0 Å². The Morgan fingerprint density at radius 2 is 2.38 bits per heavy atom. The lowest BCUT2D eigenvalue weighted by molar-refractivity contribution is -0.130. The molecular weight excluding hydrogens is 232 g/mol. The number of rotatable bonds is 4. The van der Waals surface area contributed by atoms with Crippen LogP contribution in [0.4, 0.5) is 0 Å². The highest BCUT2D eigenvalue weighted by Crippen LogP contribution is 2.28. The lowest BCUT2D eigenvalue weighted by Gasteiger charge is -2.22. The first-order valence-corrected chi connectivity index (χ1v) is 5.40. The van der Waals surface area contributed by atoms with Crippen molar-refractivity contribution in [3.63, 3.8) is 0 Å². The summed E-state index contributed by atoms with van der Waals surface area (Å²) in [6.07, 6.45) is 2.62. The van der Waals surface area contributed by atoms with Gasteiger partial charge in [-0.05, 0) is 19.8 Å². The zero-order valence-electron chi connectivity index (χ0n) is 7.66. The van der Waals surface area contributed by atoms with Crippen LogP contribution < -0.4 is 0 Å². The Balaban J connectivity index is 2.47. The predicted molar refractivity (Wildman–Crippen MR) is 53.4 cm³/mol. The summed E-state index contributed by atoms with van der Waals surface area (Å²) in [6, 6.07) is 2.47. The van der Waals surface area contributed by atoms with Crippen molar-refractivity contribution in [1.29, 1.82) is 5.26 Å². The summed E-state index contributed by atoms with van der Waals surface area (Å²) < 4.78 is 0. The van der Waals surface area contributed by atoms with Gasteiger partial charge in [-0.15, -0.1) is 0 Å². The van der Waals surface area contributed by atoms with E-state index in [9.17, 15) is 4.79 Å². The van der Waals surface area contributed by atoms with Gasteiger partial charge in [0.2, 0.25) is 5.91 Å². The molecule has 1 unspecified atom stereocenters. The Morgan fingerprint density at radius 1 is 1.77 bits per heavy atom. The van der Waals surface area contributed by atoms with Gasteiger partial charge in [-0.3, -0.25) is 4.79 Å². The van der Waals surface area contributed by atoms with Crippen molar-refractivity contribution in [2.75, 3.05) is 6.54 Å². The van der Waals surface area contributed by atoms with E-state index in [-0.39, 0.29) is 10.7 Å². The Morgan fingerprint density at radius 3 is 2.77 bits per heavy atom. The normalized spacial score (nSPS) is 17.6. The largest absolute Gasteiger partial charge is 0.338 e. The topological polar surface area (TPSA) is 44.1 Å². The summed E-state index contributed by atoms with van der Waals surface area (Å²) in [5.74, 6) is 0.109. The number of amides is 1. The van der Waals surface area contributed by atoms with Crippen molar-refractivity contribution in [1.82, 2.24) is 4.90 Å². The van der Waals surface area contributed by atoms with Gasteiger partial charge in [-0.25, -0.2) is 0 Å². The molecule has 0 bridgehead atoms. The third kappa shape index (κ3) is 3.00. The minimum atomic E-state index is -0.133. The van der Waals surface area contributed by atoms with Crippen LogP contribution in [0.15, 0.2) is 0 Å². The number of carbonyl (C=O) groups excluding carboxylic acids is 1. The van der Waals surface area contributed by atoms with Crippen molar-refractivity contribution in [2.24, 2.45) is 0 Å². The van der Waals surface area contributed by atoms with Crippen LogP contribution in [-0.2, 0) is 4.79 Å². The van der Waals surface area contributed by atoms with E-state index in [2.05, 4.69) is 22.0 Å². The van der Waals surface area contributed by atoms with E-state index in [4.69, 9.17) is 5.26 Å². The molecule has 1 aliphatic rings. The zero-order chi connectivity index (χ0) is 9.84. The van der Waals surface area contributed by atoms with Crippen molar-refractivity contribution in [3.8, 4) is 6.07 Å². The van der Waals surface area contributed by atoms with Crippen LogP contribution in [0, 0.1) is 11.3 Å². The van der Waals surface area contributed by atoms with Crippen molar-refractivity contribution in [3.05, 3.63) is 0 Å². The maximum atomic E-state index is 11.6. The molecule has 0 saturated heterocycles. The van der Waals surface area contributed by atoms with Gasteiger partial charge in [0.05, 0.1) is 17.3 Å². The maximum Gasteiger partial charge on any atom is 0.236 e. The molecule has 0 N–H and O–H groups in total. The molecule has 1 fully saturated rings. The molecule has 0 aromatic carbocycles. The molecule has 3 nitrogen and oxygen atoms in total. The van der Waals surface area contributed by atoms with Gasteiger partial charge < -0.3 is 4.90 Å². The first-order valence-electron chi connectivity index (χ1n) is 4.48. The van der Waals surface area contributed by atoms with Gasteiger partial charge in [-0.2, -0.15) is 5.26 Å². The van der Waals surface area contributed by atoms with Crippen LogP contribution in [-0.4, -0.2) is 28.2 Å². The number of carbonyl (C=O) groups is 1. The molecule has 1 rings (SSSR count). The van der Waals surface area contributed by atoms with E-state index >= 15 is 0 Å². The molecule has 0 aromatic heterocycles. The molecule has 0 aliphatic heterocycles. The minimum Gasteiger partial charge on any atom is -0.338 e. The molecule has 1 atom stereocenters. The lowest BCUT2D eigenvalue weighted by Crippen LogP contribution is -2.37. The number of halogens is 1. The summed E-state index contributed by atoms with van der Waals surface area (Å²) in [5.41, 5.74) is 0. The average molecular weight is 245 g/mol. The molecule has 0 radical (unpaired) electrons. The van der Waals surface area contributed by atoms with E-state index in [0.717, 1.165) is 12.8 Å². The van der Waals surface area contributed by atoms with Crippen LogP contribution in [0.1, 0.15) is 26.2 Å². The summed E-state index contributed by atoms with van der Waals surface area (Å²) in [4.78, 5) is 13.3. The number of nitriles is 1. The third-order valence-corrected chi connectivity index (χ3v) is 2.47. The number of hydrogen-bond acceptors (Lipinski definition) is 2. The predicted octanol–water partition coefficient (Wildman–Crippen LogP) is 1.67. The highest BCUT2D eigenvalue weighted by Gasteiger charge is 2.33. The molecule has 1 aliphatic carbocycles. The second-order valence-corrected chi connectivity index (χ2v) is 4.66. The highest BCUT2D eigenvalue weighted by atomic mass is 79.9. The molecule has 0 spiro atoms. The summed E-state index contributed by atoms with van der Waals surface area (Å²) in [7, 11) is 0. The van der Waals surface area contributed by atoms with E-state index in [1.54, 1.807) is 0 Å². The Bertz CT molecular complexity index is 230. The van der Waals surface area contributed by atoms with E-state index in [1.165, 1.54) is 0 Å². The smallest absolute Gasteiger partial charge is 0.236 e. The molecule has 4 heteroatoms. The first kappa shape index (κ1) is 10.5. The van der Waals surface area contributed by atoms with Crippen LogP contribution in [0.3, 0.4) is 0 Å². The number of nitrogens with zero attached hydrogens (tertiary/aromatic N) is 2. The molecule has 0 heterocycles. The summed E-state index contributed by atoms with van der Waals surface area (Å²) in [5, 5.41) is 8.44. The molecule has 72 valence electrons. The Hall–Kier alpha value is -0.560. The molecular formula is C9H13BrN2O. The van der Waals surface area contributed by atoms with Gasteiger partial charge in [0.1, 0.15) is 0 Å². The standard InChI is InChI=1S/C9H13BrN2O/c1-7(10)9(13)12(6-2-5-11)8-3-4-8/h7-8H,2-4,6H2,1H3. The van der Waals surface area contributed by atoms with Crippen LogP contribution in [0.2, 0.25) is 0 Å². The average Bonchev–Trinajstić information content (AvgIpc) is 2.88. The van der Waals surface area contributed by atoms with Crippen molar-refractivity contribution in [2.45, 2.75) is 37.1 Å². The summed E-state index contributed by atoms with van der Waals surface area (Å²) >= 11 is 3.25. The third-order valence-electron chi connectivity index (χ3n) is 2.08. The van der Waals surface area contributed by atoms with Gasteiger partial charge in [-0.1, -0.05) is 15.9 Å². The number of alkyl halides is 1. The molecule has 0 aromatic rings. The first-order chi connectivity index (χ1) is 6.16. The molecule has 1 saturated carbocycles. The van der Waals surface area contributed by atoms with E-state index in [1.807, 2.05) is 11.8 Å². The maximum absolute atomic E-state index is 11.6. The fourth-order valence-electron chi connectivity index (χ4n) is 1.26. The van der Waals surface area contributed by atoms with Gasteiger partial charge >= 0.3 is 0 Å².